The minimum absolute atomic E-state index is 0.519. The van der Waals surface area contributed by atoms with Gasteiger partial charge in [0.1, 0.15) is 0 Å². The number of aromatic nitrogens is 1. The van der Waals surface area contributed by atoms with Crippen molar-refractivity contribution in [1.29, 1.82) is 0 Å². The predicted molar refractivity (Wildman–Crippen MR) is 93.9 cm³/mol. The van der Waals surface area contributed by atoms with Gasteiger partial charge in [-0.25, -0.2) is 0 Å². The molecule has 3 aromatic rings. The van der Waals surface area contributed by atoms with Gasteiger partial charge in [0.2, 0.25) is 0 Å². The Bertz CT molecular complexity index is 735. The maximum Gasteiger partial charge on any atom is 0.0702 e. The lowest BCUT2D eigenvalue weighted by molar-refractivity contribution is 0.859. The van der Waals surface area contributed by atoms with E-state index in [0.29, 0.717) is 5.92 Å². The van der Waals surface area contributed by atoms with E-state index in [2.05, 4.69) is 86.4 Å². The molecule has 0 spiro atoms. The zero-order valence-electron chi connectivity index (χ0n) is 13.4. The maximum absolute atomic E-state index is 4.58. The third-order valence-corrected chi connectivity index (χ3v) is 4.02. The molecule has 0 unspecified atom stereocenters. The van der Waals surface area contributed by atoms with Gasteiger partial charge in [0.25, 0.3) is 0 Å². The summed E-state index contributed by atoms with van der Waals surface area (Å²) in [6.45, 7) is 6.49. The number of pyridine rings is 1. The molecule has 0 amide bonds. The van der Waals surface area contributed by atoms with Crippen molar-refractivity contribution in [2.75, 3.05) is 0 Å². The minimum Gasteiger partial charge on any atom is -0.256 e. The van der Waals surface area contributed by atoms with Crippen LogP contribution < -0.4 is 0 Å². The normalized spacial score (nSPS) is 10.9. The third-order valence-electron chi connectivity index (χ3n) is 4.02. The predicted octanol–water partition coefficient (Wildman–Crippen LogP) is 5.85. The molecule has 1 heteroatoms. The summed E-state index contributed by atoms with van der Waals surface area (Å²) in [5.74, 6) is 0.519. The zero-order chi connectivity index (χ0) is 15.5. The Balaban J connectivity index is 1.86. The molecule has 0 saturated heterocycles. The maximum atomic E-state index is 4.58. The highest BCUT2D eigenvalue weighted by atomic mass is 14.7. The fourth-order valence-corrected chi connectivity index (χ4v) is 2.50. The van der Waals surface area contributed by atoms with Crippen LogP contribution in [0.4, 0.5) is 0 Å². The number of benzene rings is 2. The Kier molecular flexibility index (Phi) is 4.06. The van der Waals surface area contributed by atoms with E-state index in [-0.39, 0.29) is 0 Å². The average molecular weight is 287 g/mol. The summed E-state index contributed by atoms with van der Waals surface area (Å²) >= 11 is 0. The standard InChI is InChI=1S/C21H21N/c1-15(2)20-12-13-21(22-14-20)19-10-8-18(9-11-19)17-6-4-16(3)5-7-17/h4-15H,1-3H3. The van der Waals surface area contributed by atoms with E-state index in [1.54, 1.807) is 0 Å². The second-order valence-electron chi connectivity index (χ2n) is 6.07. The number of hydrogen-bond donors (Lipinski definition) is 0. The van der Waals surface area contributed by atoms with Gasteiger partial charge in [0, 0.05) is 11.8 Å². The molecule has 0 saturated carbocycles. The first-order valence-corrected chi connectivity index (χ1v) is 7.77. The number of rotatable bonds is 3. The lowest BCUT2D eigenvalue weighted by atomic mass is 10.0. The summed E-state index contributed by atoms with van der Waals surface area (Å²) in [5.41, 5.74) is 7.24. The summed E-state index contributed by atoms with van der Waals surface area (Å²) in [6, 6.07) is 21.5. The Morgan fingerprint density at radius 2 is 1.23 bits per heavy atom. The van der Waals surface area contributed by atoms with Crippen LogP contribution in [0.25, 0.3) is 22.4 Å². The molecule has 22 heavy (non-hydrogen) atoms. The van der Waals surface area contributed by atoms with E-state index in [9.17, 15) is 0 Å². The largest absolute Gasteiger partial charge is 0.256 e. The Morgan fingerprint density at radius 3 is 1.73 bits per heavy atom. The summed E-state index contributed by atoms with van der Waals surface area (Å²) in [7, 11) is 0. The fourth-order valence-electron chi connectivity index (χ4n) is 2.50. The molecule has 0 fully saturated rings. The van der Waals surface area contributed by atoms with Gasteiger partial charge in [-0.15, -0.1) is 0 Å². The Labute approximate surface area is 132 Å². The molecule has 3 rings (SSSR count). The van der Waals surface area contributed by atoms with Gasteiger partial charge in [-0.3, -0.25) is 4.98 Å². The fraction of sp³-hybridized carbons (Fsp3) is 0.190. The van der Waals surface area contributed by atoms with Crippen LogP contribution in [-0.4, -0.2) is 4.98 Å². The van der Waals surface area contributed by atoms with Gasteiger partial charge >= 0.3 is 0 Å². The molecule has 110 valence electrons. The second-order valence-corrected chi connectivity index (χ2v) is 6.07. The smallest absolute Gasteiger partial charge is 0.0702 e. The molecule has 0 aliphatic carbocycles. The third kappa shape index (κ3) is 3.09. The van der Waals surface area contributed by atoms with Crippen LogP contribution in [0, 0.1) is 6.92 Å². The zero-order valence-corrected chi connectivity index (χ0v) is 13.4. The molecule has 1 nitrogen and oxygen atoms in total. The van der Waals surface area contributed by atoms with Crippen LogP contribution in [0.5, 0.6) is 0 Å². The van der Waals surface area contributed by atoms with Crippen molar-refractivity contribution < 1.29 is 0 Å². The van der Waals surface area contributed by atoms with Crippen LogP contribution in [-0.2, 0) is 0 Å². The summed E-state index contributed by atoms with van der Waals surface area (Å²) in [5, 5.41) is 0. The molecule has 2 aromatic carbocycles. The van der Waals surface area contributed by atoms with Crippen molar-refractivity contribution in [3.05, 3.63) is 78.0 Å². The van der Waals surface area contributed by atoms with Crippen LogP contribution >= 0.6 is 0 Å². The van der Waals surface area contributed by atoms with Crippen LogP contribution in [0.15, 0.2) is 66.9 Å². The highest BCUT2D eigenvalue weighted by Gasteiger charge is 2.03. The molecule has 0 radical (unpaired) electrons. The SMILES string of the molecule is Cc1ccc(-c2ccc(-c3ccc(C(C)C)cn3)cc2)cc1. The van der Waals surface area contributed by atoms with Crippen molar-refractivity contribution in [3.63, 3.8) is 0 Å². The van der Waals surface area contributed by atoms with Gasteiger partial charge in [-0.1, -0.05) is 74.0 Å². The van der Waals surface area contributed by atoms with Gasteiger partial charge in [-0.05, 0) is 35.6 Å². The minimum atomic E-state index is 0.519. The highest BCUT2D eigenvalue weighted by Crippen LogP contribution is 2.25. The number of aryl methyl sites for hydroxylation is 1. The van der Waals surface area contributed by atoms with E-state index in [0.717, 1.165) is 11.3 Å². The van der Waals surface area contributed by atoms with Crippen LogP contribution in [0.1, 0.15) is 30.9 Å². The quantitative estimate of drug-likeness (QED) is 0.589. The molecule has 0 aliphatic heterocycles. The molecule has 0 N–H and O–H groups in total. The van der Waals surface area contributed by atoms with Crippen LogP contribution in [0.2, 0.25) is 0 Å². The van der Waals surface area contributed by atoms with E-state index in [1.165, 1.54) is 22.3 Å². The van der Waals surface area contributed by atoms with Crippen molar-refractivity contribution in [2.24, 2.45) is 0 Å². The van der Waals surface area contributed by atoms with Crippen molar-refractivity contribution in [1.82, 2.24) is 4.98 Å². The number of nitrogens with zero attached hydrogens (tertiary/aromatic N) is 1. The van der Waals surface area contributed by atoms with Gasteiger partial charge in [0.05, 0.1) is 5.69 Å². The van der Waals surface area contributed by atoms with E-state index < -0.39 is 0 Å². The molecular weight excluding hydrogens is 266 g/mol. The van der Waals surface area contributed by atoms with Crippen molar-refractivity contribution in [2.45, 2.75) is 26.7 Å². The Morgan fingerprint density at radius 1 is 0.682 bits per heavy atom. The van der Waals surface area contributed by atoms with E-state index >= 15 is 0 Å². The second kappa shape index (κ2) is 6.15. The van der Waals surface area contributed by atoms with Crippen molar-refractivity contribution in [3.8, 4) is 22.4 Å². The first-order chi connectivity index (χ1) is 10.6. The average Bonchev–Trinajstić information content (AvgIpc) is 2.56. The molecule has 1 heterocycles. The first-order valence-electron chi connectivity index (χ1n) is 7.77. The summed E-state index contributed by atoms with van der Waals surface area (Å²) < 4.78 is 0. The van der Waals surface area contributed by atoms with Gasteiger partial charge in [-0.2, -0.15) is 0 Å². The van der Waals surface area contributed by atoms with Gasteiger partial charge < -0.3 is 0 Å². The Hall–Kier alpha value is -2.41. The van der Waals surface area contributed by atoms with Crippen LogP contribution in [0.3, 0.4) is 0 Å². The summed E-state index contributed by atoms with van der Waals surface area (Å²) in [6.07, 6.45) is 1.98. The first kappa shape index (κ1) is 14.5. The molecule has 1 aromatic heterocycles. The van der Waals surface area contributed by atoms with E-state index in [1.807, 2.05) is 6.20 Å². The molecule has 0 bridgehead atoms. The van der Waals surface area contributed by atoms with Crippen molar-refractivity contribution >= 4 is 0 Å². The number of hydrogen-bond acceptors (Lipinski definition) is 1. The lowest BCUT2D eigenvalue weighted by Crippen LogP contribution is -1.90. The topological polar surface area (TPSA) is 12.9 Å². The summed E-state index contributed by atoms with van der Waals surface area (Å²) in [4.78, 5) is 4.58. The monoisotopic (exact) mass is 287 g/mol. The molecular formula is C21H21N. The molecule has 0 atom stereocenters. The molecule has 0 aliphatic rings. The van der Waals surface area contributed by atoms with E-state index in [4.69, 9.17) is 0 Å². The highest BCUT2D eigenvalue weighted by molar-refractivity contribution is 5.68. The van der Waals surface area contributed by atoms with Gasteiger partial charge in [0.15, 0.2) is 0 Å². The lowest BCUT2D eigenvalue weighted by Gasteiger charge is -2.07.